The van der Waals surface area contributed by atoms with Gasteiger partial charge in [-0.25, -0.2) is 8.42 Å². The van der Waals surface area contributed by atoms with E-state index in [1.54, 1.807) is 13.0 Å². The lowest BCUT2D eigenvalue weighted by molar-refractivity contribution is -0.144. The van der Waals surface area contributed by atoms with Gasteiger partial charge in [0.15, 0.2) is 9.84 Å². The molecule has 0 spiro atoms. The van der Waals surface area contributed by atoms with Crippen molar-refractivity contribution in [2.45, 2.75) is 26.3 Å². The lowest BCUT2D eigenvalue weighted by Gasteiger charge is -2.27. The summed E-state index contributed by atoms with van der Waals surface area (Å²) in [5.41, 5.74) is 1.66. The number of carbonyl (C=O) groups is 2. The fraction of sp³-hybridized carbons (Fsp3) is 0.500. The van der Waals surface area contributed by atoms with Crippen molar-refractivity contribution < 1.29 is 18.0 Å². The number of anilines is 1. The summed E-state index contributed by atoms with van der Waals surface area (Å²) in [6, 6.07) is 6.95. The highest BCUT2D eigenvalue weighted by Crippen LogP contribution is 2.19. The highest BCUT2D eigenvalue weighted by molar-refractivity contribution is 7.91. The van der Waals surface area contributed by atoms with E-state index in [4.69, 9.17) is 0 Å². The summed E-state index contributed by atoms with van der Waals surface area (Å²) in [4.78, 5) is 27.7. The van der Waals surface area contributed by atoms with Crippen LogP contribution in [0.25, 0.3) is 0 Å². The quantitative estimate of drug-likeness (QED) is 0.771. The molecule has 2 amide bonds. The second-order valence-corrected chi connectivity index (χ2v) is 8.09. The normalized spacial score (nSPS) is 19.3. The van der Waals surface area contributed by atoms with Crippen LogP contribution in [0.15, 0.2) is 24.3 Å². The van der Waals surface area contributed by atoms with Crippen LogP contribution in [0, 0.1) is 6.92 Å². The zero-order chi connectivity index (χ0) is 17.2. The van der Waals surface area contributed by atoms with Crippen LogP contribution in [-0.4, -0.2) is 56.3 Å². The van der Waals surface area contributed by atoms with Gasteiger partial charge in [-0.05, 0) is 38.0 Å². The molecule has 0 bridgehead atoms. The van der Waals surface area contributed by atoms with Gasteiger partial charge in [0, 0.05) is 25.3 Å². The Bertz CT molecular complexity index is 715. The molecule has 0 radical (unpaired) electrons. The van der Waals surface area contributed by atoms with E-state index in [0.717, 1.165) is 5.56 Å². The number of likely N-dealkylation sites (N-methyl/N-ethyl adjacent to an activating group) is 2. The average molecular weight is 338 g/mol. The molecule has 1 unspecified atom stereocenters. The van der Waals surface area contributed by atoms with E-state index in [-0.39, 0.29) is 11.5 Å². The second-order valence-electron chi connectivity index (χ2n) is 5.86. The molecular weight excluding hydrogens is 316 g/mol. The molecule has 7 heteroatoms. The molecular formula is C16H22N2O4S. The van der Waals surface area contributed by atoms with E-state index in [1.165, 1.54) is 16.8 Å². The SMILES string of the molecule is CCN(C(=O)C(=O)N(C)C1CCS(=O)(=O)C1)c1cccc(C)c1. The molecule has 1 aliphatic heterocycles. The predicted molar refractivity (Wildman–Crippen MR) is 89.0 cm³/mol. The van der Waals surface area contributed by atoms with Crippen LogP contribution in [0.5, 0.6) is 0 Å². The third kappa shape index (κ3) is 3.90. The van der Waals surface area contributed by atoms with Crippen molar-refractivity contribution in [2.75, 3.05) is 30.0 Å². The minimum atomic E-state index is -3.10. The van der Waals surface area contributed by atoms with Crippen LogP contribution in [0.3, 0.4) is 0 Å². The maximum Gasteiger partial charge on any atom is 0.316 e. The van der Waals surface area contributed by atoms with Crippen LogP contribution < -0.4 is 4.90 Å². The molecule has 0 saturated carbocycles. The topological polar surface area (TPSA) is 74.8 Å². The average Bonchev–Trinajstić information content (AvgIpc) is 2.86. The van der Waals surface area contributed by atoms with Gasteiger partial charge in [-0.2, -0.15) is 0 Å². The molecule has 1 saturated heterocycles. The van der Waals surface area contributed by atoms with E-state index in [1.807, 2.05) is 25.1 Å². The number of hydrogen-bond acceptors (Lipinski definition) is 4. The summed E-state index contributed by atoms with van der Waals surface area (Å²) in [5, 5.41) is 0. The van der Waals surface area contributed by atoms with Gasteiger partial charge in [-0.1, -0.05) is 12.1 Å². The van der Waals surface area contributed by atoms with E-state index >= 15 is 0 Å². The van der Waals surface area contributed by atoms with Crippen molar-refractivity contribution >= 4 is 27.3 Å². The van der Waals surface area contributed by atoms with Gasteiger partial charge in [0.25, 0.3) is 0 Å². The van der Waals surface area contributed by atoms with Gasteiger partial charge >= 0.3 is 11.8 Å². The molecule has 1 heterocycles. The molecule has 23 heavy (non-hydrogen) atoms. The number of rotatable bonds is 3. The fourth-order valence-electron chi connectivity index (χ4n) is 2.75. The summed E-state index contributed by atoms with van der Waals surface area (Å²) < 4.78 is 23.1. The molecule has 0 N–H and O–H groups in total. The Labute approximate surface area is 137 Å². The van der Waals surface area contributed by atoms with Gasteiger partial charge in [0.05, 0.1) is 11.5 Å². The minimum absolute atomic E-state index is 0.0683. The van der Waals surface area contributed by atoms with Gasteiger partial charge in [-0.15, -0.1) is 0 Å². The second kappa shape index (κ2) is 6.70. The van der Waals surface area contributed by atoms with Crippen molar-refractivity contribution in [3.8, 4) is 0 Å². The highest BCUT2D eigenvalue weighted by Gasteiger charge is 2.36. The summed E-state index contributed by atoms with van der Waals surface area (Å²) in [6.07, 6.45) is 0.383. The molecule has 0 aliphatic carbocycles. The summed E-state index contributed by atoms with van der Waals surface area (Å²) in [6.45, 7) is 4.08. The van der Waals surface area contributed by atoms with Crippen LogP contribution in [0.4, 0.5) is 5.69 Å². The molecule has 2 rings (SSSR count). The van der Waals surface area contributed by atoms with Crippen molar-refractivity contribution in [1.29, 1.82) is 0 Å². The zero-order valence-corrected chi connectivity index (χ0v) is 14.5. The van der Waals surface area contributed by atoms with E-state index in [2.05, 4.69) is 0 Å². The van der Waals surface area contributed by atoms with E-state index < -0.39 is 27.7 Å². The first kappa shape index (κ1) is 17.5. The maximum absolute atomic E-state index is 12.5. The number of aryl methyl sites for hydroxylation is 1. The van der Waals surface area contributed by atoms with Crippen LogP contribution in [-0.2, 0) is 19.4 Å². The monoisotopic (exact) mass is 338 g/mol. The third-order valence-corrected chi connectivity index (χ3v) is 5.88. The number of benzene rings is 1. The standard InChI is InChI=1S/C16H22N2O4S/c1-4-18(13-7-5-6-12(2)10-13)16(20)15(19)17(3)14-8-9-23(21,22)11-14/h5-7,10,14H,4,8-9,11H2,1-3H3. The molecule has 6 nitrogen and oxygen atoms in total. The van der Waals surface area contributed by atoms with E-state index in [9.17, 15) is 18.0 Å². The Balaban J connectivity index is 2.16. The molecule has 0 aromatic heterocycles. The van der Waals surface area contributed by atoms with Gasteiger partial charge in [0.1, 0.15) is 0 Å². The number of nitrogens with zero attached hydrogens (tertiary/aromatic N) is 2. The summed E-state index contributed by atoms with van der Waals surface area (Å²) in [7, 11) is -1.61. The lowest BCUT2D eigenvalue weighted by atomic mass is 10.2. The van der Waals surface area contributed by atoms with Crippen LogP contribution in [0.1, 0.15) is 18.9 Å². The van der Waals surface area contributed by atoms with Crippen LogP contribution in [0.2, 0.25) is 0 Å². The van der Waals surface area contributed by atoms with Crippen molar-refractivity contribution in [2.24, 2.45) is 0 Å². The first-order valence-electron chi connectivity index (χ1n) is 7.61. The number of amides is 2. The minimum Gasteiger partial charge on any atom is -0.333 e. The third-order valence-electron chi connectivity index (χ3n) is 4.13. The van der Waals surface area contributed by atoms with Gasteiger partial charge in [0.2, 0.25) is 0 Å². The van der Waals surface area contributed by atoms with Crippen molar-refractivity contribution in [3.05, 3.63) is 29.8 Å². The maximum atomic E-state index is 12.5. The molecule has 1 atom stereocenters. The number of carbonyl (C=O) groups excluding carboxylic acids is 2. The smallest absolute Gasteiger partial charge is 0.316 e. The Morgan fingerprint density at radius 3 is 2.48 bits per heavy atom. The molecule has 126 valence electrons. The zero-order valence-electron chi connectivity index (χ0n) is 13.7. The summed E-state index contributed by atoms with van der Waals surface area (Å²) >= 11 is 0. The Kier molecular flexibility index (Phi) is 5.09. The molecule has 1 fully saturated rings. The van der Waals surface area contributed by atoms with Gasteiger partial charge in [-0.3, -0.25) is 9.59 Å². The molecule has 1 aliphatic rings. The van der Waals surface area contributed by atoms with Gasteiger partial charge < -0.3 is 9.80 Å². The van der Waals surface area contributed by atoms with E-state index in [0.29, 0.717) is 18.7 Å². The number of hydrogen-bond donors (Lipinski definition) is 0. The van der Waals surface area contributed by atoms with Crippen molar-refractivity contribution in [1.82, 2.24) is 4.90 Å². The molecule has 1 aromatic carbocycles. The Morgan fingerprint density at radius 1 is 1.26 bits per heavy atom. The fourth-order valence-corrected chi connectivity index (χ4v) is 4.53. The Morgan fingerprint density at radius 2 is 1.96 bits per heavy atom. The summed E-state index contributed by atoms with van der Waals surface area (Å²) in [5.74, 6) is -1.31. The Hall–Kier alpha value is -1.89. The first-order chi connectivity index (χ1) is 10.7. The number of sulfone groups is 1. The first-order valence-corrected chi connectivity index (χ1v) is 9.43. The highest BCUT2D eigenvalue weighted by atomic mass is 32.2. The largest absolute Gasteiger partial charge is 0.333 e. The molecule has 1 aromatic rings. The lowest BCUT2D eigenvalue weighted by Crippen LogP contribution is -2.48. The predicted octanol–water partition coefficient (Wildman–Crippen LogP) is 0.993. The van der Waals surface area contributed by atoms with Crippen molar-refractivity contribution in [3.63, 3.8) is 0 Å². The van der Waals surface area contributed by atoms with Crippen LogP contribution >= 0.6 is 0 Å².